The summed E-state index contributed by atoms with van der Waals surface area (Å²) >= 11 is 0. The van der Waals surface area contributed by atoms with Gasteiger partial charge in [-0.2, -0.15) is 5.26 Å². The van der Waals surface area contributed by atoms with Gasteiger partial charge < -0.3 is 9.88 Å². The van der Waals surface area contributed by atoms with Gasteiger partial charge >= 0.3 is 0 Å². The van der Waals surface area contributed by atoms with E-state index in [1.54, 1.807) is 12.7 Å². The molecular weight excluding hydrogens is 314 g/mol. The molecule has 1 fully saturated rings. The highest BCUT2D eigenvalue weighted by Crippen LogP contribution is 2.21. The van der Waals surface area contributed by atoms with Crippen LogP contribution in [0.5, 0.6) is 0 Å². The molecule has 2 aromatic heterocycles. The Labute approximate surface area is 145 Å². The Kier molecular flexibility index (Phi) is 4.27. The van der Waals surface area contributed by atoms with E-state index < -0.39 is 0 Å². The average molecular weight is 333 g/mol. The van der Waals surface area contributed by atoms with Crippen molar-refractivity contribution in [3.05, 3.63) is 48.0 Å². The van der Waals surface area contributed by atoms with Crippen molar-refractivity contribution in [1.29, 1.82) is 5.26 Å². The molecule has 0 amide bonds. The molecule has 1 N–H and O–H groups in total. The van der Waals surface area contributed by atoms with Crippen molar-refractivity contribution < 1.29 is 0 Å². The monoisotopic (exact) mass is 333 g/mol. The Balaban J connectivity index is 1.45. The molecule has 126 valence electrons. The van der Waals surface area contributed by atoms with Crippen molar-refractivity contribution >= 4 is 17.0 Å². The Morgan fingerprint density at radius 3 is 2.76 bits per heavy atom. The number of nitrogens with zero attached hydrogens (tertiary/aromatic N) is 6. The van der Waals surface area contributed by atoms with E-state index in [1.165, 1.54) is 5.56 Å². The standard InChI is InChI=1S/C18H19N7/c19-10-14-2-4-15(5-3-14)11-24-6-1-7-25(9-8-24)18-16-17(21-12-20-16)22-13-23-18/h2-5,12-13H,1,6-9,11H2,(H,20,21,22,23). The summed E-state index contributed by atoms with van der Waals surface area (Å²) < 4.78 is 0. The van der Waals surface area contributed by atoms with Crippen LogP contribution in [0.15, 0.2) is 36.9 Å². The van der Waals surface area contributed by atoms with Gasteiger partial charge in [0.2, 0.25) is 0 Å². The summed E-state index contributed by atoms with van der Waals surface area (Å²) in [6.07, 6.45) is 4.33. The van der Waals surface area contributed by atoms with Crippen LogP contribution in [0.1, 0.15) is 17.5 Å². The largest absolute Gasteiger partial charge is 0.353 e. The molecule has 1 aliphatic rings. The van der Waals surface area contributed by atoms with Gasteiger partial charge in [0.25, 0.3) is 0 Å². The molecule has 0 bridgehead atoms. The Bertz CT molecular complexity index is 894. The van der Waals surface area contributed by atoms with Crippen molar-refractivity contribution in [1.82, 2.24) is 24.8 Å². The first-order valence-electron chi connectivity index (χ1n) is 8.44. The van der Waals surface area contributed by atoms with E-state index in [1.807, 2.05) is 24.3 Å². The van der Waals surface area contributed by atoms with Gasteiger partial charge in [-0.05, 0) is 24.1 Å². The number of H-pyrrole nitrogens is 1. The van der Waals surface area contributed by atoms with E-state index in [0.717, 1.165) is 50.5 Å². The summed E-state index contributed by atoms with van der Waals surface area (Å²) in [5.41, 5.74) is 3.57. The quantitative estimate of drug-likeness (QED) is 0.788. The molecule has 0 radical (unpaired) electrons. The molecule has 7 heteroatoms. The van der Waals surface area contributed by atoms with E-state index in [4.69, 9.17) is 5.26 Å². The molecule has 1 aromatic carbocycles. The summed E-state index contributed by atoms with van der Waals surface area (Å²) in [5, 5.41) is 8.90. The minimum atomic E-state index is 0.707. The van der Waals surface area contributed by atoms with Crippen LogP contribution in [0.25, 0.3) is 11.2 Å². The first kappa shape index (κ1) is 15.5. The van der Waals surface area contributed by atoms with Crippen LogP contribution in [-0.4, -0.2) is 51.0 Å². The summed E-state index contributed by atoms with van der Waals surface area (Å²) in [6.45, 7) is 4.81. The number of aromatic amines is 1. The van der Waals surface area contributed by atoms with E-state index in [-0.39, 0.29) is 0 Å². The molecule has 0 saturated carbocycles. The van der Waals surface area contributed by atoms with Gasteiger partial charge in [0.1, 0.15) is 11.8 Å². The summed E-state index contributed by atoms with van der Waals surface area (Å²) in [5.74, 6) is 0.933. The second-order valence-electron chi connectivity index (χ2n) is 6.22. The van der Waals surface area contributed by atoms with Crippen molar-refractivity contribution in [2.45, 2.75) is 13.0 Å². The molecular formula is C18H19N7. The molecule has 25 heavy (non-hydrogen) atoms. The number of nitrogens with one attached hydrogen (secondary N) is 1. The average Bonchev–Trinajstić information content (AvgIpc) is 3.02. The molecule has 4 rings (SSSR count). The lowest BCUT2D eigenvalue weighted by atomic mass is 10.1. The third-order valence-corrected chi connectivity index (χ3v) is 4.58. The third-order valence-electron chi connectivity index (χ3n) is 4.58. The minimum absolute atomic E-state index is 0.707. The van der Waals surface area contributed by atoms with E-state index in [9.17, 15) is 0 Å². The van der Waals surface area contributed by atoms with Gasteiger partial charge in [0.05, 0.1) is 18.0 Å². The summed E-state index contributed by atoms with van der Waals surface area (Å²) in [6, 6.07) is 10.0. The van der Waals surface area contributed by atoms with Gasteiger partial charge in [-0.1, -0.05) is 12.1 Å². The molecule has 0 unspecified atom stereocenters. The van der Waals surface area contributed by atoms with E-state index >= 15 is 0 Å². The van der Waals surface area contributed by atoms with Crippen molar-refractivity contribution in [2.24, 2.45) is 0 Å². The normalized spacial score (nSPS) is 15.9. The number of benzene rings is 1. The predicted octanol–water partition coefficient (Wildman–Crippen LogP) is 1.94. The molecule has 7 nitrogen and oxygen atoms in total. The molecule has 3 aromatic rings. The molecule has 0 aliphatic carbocycles. The summed E-state index contributed by atoms with van der Waals surface area (Å²) in [4.78, 5) is 20.8. The third kappa shape index (κ3) is 3.30. The maximum atomic E-state index is 8.90. The number of aromatic nitrogens is 4. The maximum absolute atomic E-state index is 8.90. The zero-order valence-corrected chi connectivity index (χ0v) is 13.9. The minimum Gasteiger partial charge on any atom is -0.353 e. The fourth-order valence-corrected chi connectivity index (χ4v) is 3.28. The van der Waals surface area contributed by atoms with Crippen LogP contribution in [0, 0.1) is 11.3 Å². The first-order valence-corrected chi connectivity index (χ1v) is 8.44. The fourth-order valence-electron chi connectivity index (χ4n) is 3.28. The van der Waals surface area contributed by atoms with Crippen LogP contribution in [-0.2, 0) is 6.54 Å². The maximum Gasteiger partial charge on any atom is 0.182 e. The van der Waals surface area contributed by atoms with Crippen LogP contribution in [0.2, 0.25) is 0 Å². The summed E-state index contributed by atoms with van der Waals surface area (Å²) in [7, 11) is 0. The number of nitriles is 1. The van der Waals surface area contributed by atoms with Gasteiger partial charge in [0.15, 0.2) is 11.5 Å². The van der Waals surface area contributed by atoms with Crippen LogP contribution in [0.3, 0.4) is 0 Å². The smallest absolute Gasteiger partial charge is 0.182 e. The van der Waals surface area contributed by atoms with Gasteiger partial charge in [-0.15, -0.1) is 0 Å². The zero-order valence-electron chi connectivity index (χ0n) is 13.9. The lowest BCUT2D eigenvalue weighted by Gasteiger charge is -2.23. The van der Waals surface area contributed by atoms with Gasteiger partial charge in [-0.3, -0.25) is 4.90 Å². The number of anilines is 1. The number of rotatable bonds is 3. The lowest BCUT2D eigenvalue weighted by Crippen LogP contribution is -2.31. The molecule has 0 spiro atoms. The number of hydrogen-bond acceptors (Lipinski definition) is 6. The van der Waals surface area contributed by atoms with E-state index in [0.29, 0.717) is 11.2 Å². The SMILES string of the molecule is N#Cc1ccc(CN2CCCN(c3ncnc4nc[nH]c34)CC2)cc1. The predicted molar refractivity (Wildman–Crippen MR) is 94.9 cm³/mol. The lowest BCUT2D eigenvalue weighted by molar-refractivity contribution is 0.285. The number of imidazole rings is 1. The molecule has 1 aliphatic heterocycles. The van der Waals surface area contributed by atoms with Crippen LogP contribution >= 0.6 is 0 Å². The zero-order chi connectivity index (χ0) is 17.1. The second-order valence-corrected chi connectivity index (χ2v) is 6.22. The fraction of sp³-hybridized carbons (Fsp3) is 0.333. The highest BCUT2D eigenvalue weighted by Gasteiger charge is 2.19. The highest BCUT2D eigenvalue weighted by atomic mass is 15.3. The Hall–Kier alpha value is -2.98. The number of hydrogen-bond donors (Lipinski definition) is 1. The van der Waals surface area contributed by atoms with E-state index in [2.05, 4.69) is 35.8 Å². The first-order chi connectivity index (χ1) is 12.3. The highest BCUT2D eigenvalue weighted by molar-refractivity contribution is 5.82. The topological polar surface area (TPSA) is 84.7 Å². The second kappa shape index (κ2) is 6.87. The van der Waals surface area contributed by atoms with Crippen LogP contribution in [0.4, 0.5) is 5.82 Å². The molecule has 0 atom stereocenters. The Morgan fingerprint density at radius 2 is 1.92 bits per heavy atom. The molecule has 3 heterocycles. The number of fused-ring (bicyclic) bond motifs is 1. The molecule has 1 saturated heterocycles. The van der Waals surface area contributed by atoms with Crippen molar-refractivity contribution in [3.63, 3.8) is 0 Å². The Morgan fingerprint density at radius 1 is 1.04 bits per heavy atom. The van der Waals surface area contributed by atoms with Gasteiger partial charge in [-0.25, -0.2) is 15.0 Å². The van der Waals surface area contributed by atoms with Crippen molar-refractivity contribution in [3.8, 4) is 6.07 Å². The van der Waals surface area contributed by atoms with Gasteiger partial charge in [0, 0.05) is 32.7 Å². The van der Waals surface area contributed by atoms with Crippen LogP contribution < -0.4 is 4.90 Å². The van der Waals surface area contributed by atoms with Crippen molar-refractivity contribution in [2.75, 3.05) is 31.1 Å².